The fourth-order valence-corrected chi connectivity index (χ4v) is 2.96. The van der Waals surface area contributed by atoms with Crippen molar-refractivity contribution in [1.29, 1.82) is 0 Å². The van der Waals surface area contributed by atoms with E-state index in [2.05, 4.69) is 10.3 Å². The molecular weight excluding hydrogens is 348 g/mol. The Bertz CT molecular complexity index is 1120. The van der Waals surface area contributed by atoms with Crippen molar-refractivity contribution >= 4 is 34.3 Å². The maximum Gasteiger partial charge on any atom is 0.257 e. The molecule has 0 radical (unpaired) electrons. The molecule has 4 nitrogen and oxygen atoms in total. The second-order valence-electron chi connectivity index (χ2n) is 6.00. The molecule has 0 unspecified atom stereocenters. The van der Waals surface area contributed by atoms with Crippen LogP contribution in [0.15, 0.2) is 71.1 Å². The zero-order valence-corrected chi connectivity index (χ0v) is 14.7. The van der Waals surface area contributed by atoms with Gasteiger partial charge in [-0.1, -0.05) is 35.9 Å². The summed E-state index contributed by atoms with van der Waals surface area (Å²) < 4.78 is 5.83. The number of carbonyl (C=O) groups is 1. The number of nitrogens with one attached hydrogen (secondary N) is 1. The largest absolute Gasteiger partial charge is 0.436 e. The molecule has 1 amide bonds. The summed E-state index contributed by atoms with van der Waals surface area (Å²) in [6, 6.07) is 20.2. The van der Waals surface area contributed by atoms with Crippen LogP contribution in [0.1, 0.15) is 15.9 Å². The summed E-state index contributed by atoms with van der Waals surface area (Å²) >= 11 is 6.08. The highest BCUT2D eigenvalue weighted by Crippen LogP contribution is 2.27. The molecule has 0 spiro atoms. The van der Waals surface area contributed by atoms with Gasteiger partial charge in [-0.2, -0.15) is 0 Å². The van der Waals surface area contributed by atoms with Crippen LogP contribution in [-0.4, -0.2) is 10.9 Å². The average Bonchev–Trinajstić information content (AvgIpc) is 3.05. The third kappa shape index (κ3) is 3.19. The van der Waals surface area contributed by atoms with Crippen molar-refractivity contribution in [2.75, 3.05) is 5.32 Å². The van der Waals surface area contributed by atoms with E-state index in [1.165, 1.54) is 0 Å². The predicted octanol–water partition coefficient (Wildman–Crippen LogP) is 5.71. The Morgan fingerprint density at radius 2 is 1.88 bits per heavy atom. The quantitative estimate of drug-likeness (QED) is 0.508. The number of halogens is 1. The Hall–Kier alpha value is -3.11. The van der Waals surface area contributed by atoms with Crippen molar-refractivity contribution in [3.63, 3.8) is 0 Å². The van der Waals surface area contributed by atoms with Crippen LogP contribution in [0.4, 0.5) is 5.69 Å². The molecule has 1 heterocycles. The van der Waals surface area contributed by atoms with Gasteiger partial charge in [0.25, 0.3) is 5.91 Å². The summed E-state index contributed by atoms with van der Waals surface area (Å²) in [7, 11) is 0. The van der Waals surface area contributed by atoms with E-state index in [4.69, 9.17) is 16.0 Å². The number of aryl methyl sites for hydroxylation is 1. The van der Waals surface area contributed by atoms with Gasteiger partial charge in [-0.15, -0.1) is 0 Å². The van der Waals surface area contributed by atoms with Gasteiger partial charge in [-0.25, -0.2) is 4.98 Å². The number of hydrogen-bond donors (Lipinski definition) is 1. The normalized spacial score (nSPS) is 10.8. The SMILES string of the molecule is Cc1ccc2oc(-c3cccc(NC(=O)c4ccccc4Cl)c3)nc2c1. The van der Waals surface area contributed by atoms with Gasteiger partial charge in [-0.05, 0) is 55.0 Å². The molecule has 0 aliphatic carbocycles. The van der Waals surface area contributed by atoms with Gasteiger partial charge in [-0.3, -0.25) is 4.79 Å². The van der Waals surface area contributed by atoms with E-state index < -0.39 is 0 Å². The minimum absolute atomic E-state index is 0.263. The molecule has 0 aliphatic rings. The zero-order chi connectivity index (χ0) is 18.1. The highest BCUT2D eigenvalue weighted by atomic mass is 35.5. The summed E-state index contributed by atoms with van der Waals surface area (Å²) in [6.45, 7) is 2.01. The number of carbonyl (C=O) groups excluding carboxylic acids is 1. The lowest BCUT2D eigenvalue weighted by Crippen LogP contribution is -2.12. The number of amides is 1. The van der Waals surface area contributed by atoms with E-state index in [0.29, 0.717) is 22.2 Å². The summed E-state index contributed by atoms with van der Waals surface area (Å²) in [5.41, 5.74) is 4.53. The first-order valence-electron chi connectivity index (χ1n) is 8.14. The van der Waals surface area contributed by atoms with Crippen LogP contribution in [0.25, 0.3) is 22.6 Å². The van der Waals surface area contributed by atoms with E-state index in [-0.39, 0.29) is 5.91 Å². The summed E-state index contributed by atoms with van der Waals surface area (Å²) in [6.07, 6.45) is 0. The second-order valence-corrected chi connectivity index (χ2v) is 6.41. The lowest BCUT2D eigenvalue weighted by atomic mass is 10.1. The number of oxazole rings is 1. The maximum atomic E-state index is 12.4. The molecule has 26 heavy (non-hydrogen) atoms. The number of anilines is 1. The van der Waals surface area contributed by atoms with Gasteiger partial charge in [0.1, 0.15) is 5.52 Å². The van der Waals surface area contributed by atoms with Crippen LogP contribution in [-0.2, 0) is 0 Å². The van der Waals surface area contributed by atoms with Gasteiger partial charge in [0.15, 0.2) is 5.58 Å². The molecule has 0 saturated carbocycles. The fourth-order valence-electron chi connectivity index (χ4n) is 2.73. The molecule has 0 aliphatic heterocycles. The zero-order valence-electron chi connectivity index (χ0n) is 14.0. The van der Waals surface area contributed by atoms with Gasteiger partial charge in [0, 0.05) is 11.3 Å². The average molecular weight is 363 g/mol. The molecule has 1 aromatic heterocycles. The number of hydrogen-bond acceptors (Lipinski definition) is 3. The van der Waals surface area contributed by atoms with Gasteiger partial charge in [0.05, 0.1) is 10.6 Å². The fraction of sp³-hybridized carbons (Fsp3) is 0.0476. The van der Waals surface area contributed by atoms with Crippen molar-refractivity contribution in [3.8, 4) is 11.5 Å². The minimum atomic E-state index is -0.263. The van der Waals surface area contributed by atoms with E-state index in [1.54, 1.807) is 24.3 Å². The first-order valence-corrected chi connectivity index (χ1v) is 8.51. The van der Waals surface area contributed by atoms with E-state index in [0.717, 1.165) is 22.2 Å². The number of fused-ring (bicyclic) bond motifs is 1. The number of nitrogens with zero attached hydrogens (tertiary/aromatic N) is 1. The Kier molecular flexibility index (Phi) is 4.19. The Balaban J connectivity index is 1.64. The molecule has 4 aromatic rings. The smallest absolute Gasteiger partial charge is 0.257 e. The molecule has 4 rings (SSSR count). The topological polar surface area (TPSA) is 55.1 Å². The first-order chi connectivity index (χ1) is 12.6. The molecule has 0 bridgehead atoms. The van der Waals surface area contributed by atoms with Crippen molar-refractivity contribution in [2.45, 2.75) is 6.92 Å². The lowest BCUT2D eigenvalue weighted by molar-refractivity contribution is 0.102. The number of rotatable bonds is 3. The van der Waals surface area contributed by atoms with E-state index in [1.807, 2.05) is 49.4 Å². The van der Waals surface area contributed by atoms with Gasteiger partial charge in [0.2, 0.25) is 5.89 Å². The molecular formula is C21H15ClN2O2. The van der Waals surface area contributed by atoms with Crippen molar-refractivity contribution in [3.05, 3.63) is 82.9 Å². The Morgan fingerprint density at radius 1 is 1.04 bits per heavy atom. The summed E-state index contributed by atoms with van der Waals surface area (Å²) in [5, 5.41) is 3.27. The van der Waals surface area contributed by atoms with Crippen LogP contribution in [0, 0.1) is 6.92 Å². The standard InChI is InChI=1S/C21H15ClN2O2/c1-13-9-10-19-18(11-13)24-21(26-19)14-5-4-6-15(12-14)23-20(25)16-7-2-3-8-17(16)22/h2-12H,1H3,(H,23,25). The van der Waals surface area contributed by atoms with Crippen LogP contribution in [0.3, 0.4) is 0 Å². The van der Waals surface area contributed by atoms with Gasteiger partial charge >= 0.3 is 0 Å². The Labute approximate surface area is 155 Å². The van der Waals surface area contributed by atoms with Gasteiger partial charge < -0.3 is 9.73 Å². The maximum absolute atomic E-state index is 12.4. The van der Waals surface area contributed by atoms with E-state index in [9.17, 15) is 4.79 Å². The van der Waals surface area contributed by atoms with Crippen LogP contribution in [0.2, 0.25) is 5.02 Å². The van der Waals surface area contributed by atoms with Crippen molar-refractivity contribution in [2.24, 2.45) is 0 Å². The van der Waals surface area contributed by atoms with Crippen LogP contribution >= 0.6 is 11.6 Å². The summed E-state index contributed by atoms with van der Waals surface area (Å²) in [4.78, 5) is 17.0. The first kappa shape index (κ1) is 16.4. The van der Waals surface area contributed by atoms with Crippen molar-refractivity contribution < 1.29 is 9.21 Å². The molecule has 128 valence electrons. The third-order valence-electron chi connectivity index (χ3n) is 4.03. The monoisotopic (exact) mass is 362 g/mol. The lowest BCUT2D eigenvalue weighted by Gasteiger charge is -2.07. The molecule has 0 atom stereocenters. The third-order valence-corrected chi connectivity index (χ3v) is 4.36. The van der Waals surface area contributed by atoms with Crippen LogP contribution < -0.4 is 5.32 Å². The van der Waals surface area contributed by atoms with E-state index >= 15 is 0 Å². The molecule has 0 fully saturated rings. The molecule has 0 saturated heterocycles. The minimum Gasteiger partial charge on any atom is -0.436 e. The summed E-state index contributed by atoms with van der Waals surface area (Å²) in [5.74, 6) is 0.250. The predicted molar refractivity (Wildman–Crippen MR) is 104 cm³/mol. The second kappa shape index (κ2) is 6.65. The van der Waals surface area contributed by atoms with Crippen molar-refractivity contribution in [1.82, 2.24) is 4.98 Å². The van der Waals surface area contributed by atoms with Crippen LogP contribution in [0.5, 0.6) is 0 Å². The highest BCUT2D eigenvalue weighted by molar-refractivity contribution is 6.34. The number of benzene rings is 3. The molecule has 1 N–H and O–H groups in total. The Morgan fingerprint density at radius 3 is 2.73 bits per heavy atom. The molecule has 3 aromatic carbocycles. The highest BCUT2D eigenvalue weighted by Gasteiger charge is 2.12. The molecule has 5 heteroatoms. The number of aromatic nitrogens is 1.